The van der Waals surface area contributed by atoms with Gasteiger partial charge in [-0.3, -0.25) is 0 Å². The van der Waals surface area contributed by atoms with Crippen molar-refractivity contribution in [1.29, 1.82) is 0 Å². The molecule has 0 saturated heterocycles. The van der Waals surface area contributed by atoms with Gasteiger partial charge in [0, 0.05) is 31.9 Å². The van der Waals surface area contributed by atoms with E-state index in [0.29, 0.717) is 6.04 Å². The Balaban J connectivity index is 2.47. The molecular weight excluding hydrogens is 214 g/mol. The summed E-state index contributed by atoms with van der Waals surface area (Å²) in [6, 6.07) is 0.346. The largest absolute Gasteiger partial charge is 0.377 e. The molecule has 0 aliphatic carbocycles. The zero-order valence-corrected chi connectivity index (χ0v) is 11.4. The van der Waals surface area contributed by atoms with Crippen molar-refractivity contribution in [2.24, 2.45) is 7.05 Å². The smallest absolute Gasteiger partial charge is 0.110 e. The van der Waals surface area contributed by atoms with Gasteiger partial charge >= 0.3 is 0 Å². The van der Waals surface area contributed by atoms with Crippen molar-refractivity contribution in [2.45, 2.75) is 45.8 Å². The van der Waals surface area contributed by atoms with E-state index in [4.69, 9.17) is 4.74 Å². The van der Waals surface area contributed by atoms with E-state index in [-0.39, 0.29) is 6.10 Å². The molecule has 98 valence electrons. The van der Waals surface area contributed by atoms with E-state index in [0.717, 1.165) is 31.8 Å². The fourth-order valence-electron chi connectivity index (χ4n) is 1.66. The Morgan fingerprint density at radius 3 is 2.76 bits per heavy atom. The van der Waals surface area contributed by atoms with Crippen molar-refractivity contribution in [2.75, 3.05) is 13.2 Å². The van der Waals surface area contributed by atoms with Crippen LogP contribution < -0.4 is 5.32 Å². The average Bonchev–Trinajstić information content (AvgIpc) is 2.68. The second-order valence-corrected chi connectivity index (χ2v) is 4.69. The van der Waals surface area contributed by atoms with Gasteiger partial charge in [0.25, 0.3) is 0 Å². The first-order valence-electron chi connectivity index (χ1n) is 6.44. The molecule has 1 heterocycles. The van der Waals surface area contributed by atoms with Gasteiger partial charge in [0.2, 0.25) is 0 Å². The van der Waals surface area contributed by atoms with E-state index in [9.17, 15) is 0 Å². The van der Waals surface area contributed by atoms with E-state index >= 15 is 0 Å². The topological polar surface area (TPSA) is 39.1 Å². The summed E-state index contributed by atoms with van der Waals surface area (Å²) in [5, 5.41) is 3.51. The molecule has 0 aliphatic heterocycles. The van der Waals surface area contributed by atoms with Crippen LogP contribution in [-0.4, -0.2) is 34.8 Å². The van der Waals surface area contributed by atoms with Crippen molar-refractivity contribution in [1.82, 2.24) is 14.9 Å². The number of aryl methyl sites for hydroxylation is 1. The Kier molecular flexibility index (Phi) is 6.22. The van der Waals surface area contributed by atoms with Gasteiger partial charge < -0.3 is 14.6 Å². The lowest BCUT2D eigenvalue weighted by atomic mass is 10.2. The number of aromatic nitrogens is 2. The van der Waals surface area contributed by atoms with Crippen LogP contribution in [-0.2, 0) is 18.2 Å². The summed E-state index contributed by atoms with van der Waals surface area (Å²) in [4.78, 5) is 4.36. The van der Waals surface area contributed by atoms with Gasteiger partial charge in [-0.2, -0.15) is 0 Å². The highest BCUT2D eigenvalue weighted by atomic mass is 16.5. The molecule has 0 amide bonds. The summed E-state index contributed by atoms with van der Waals surface area (Å²) < 4.78 is 7.76. The van der Waals surface area contributed by atoms with Gasteiger partial charge in [0.1, 0.15) is 5.82 Å². The Morgan fingerprint density at radius 1 is 1.47 bits per heavy atom. The van der Waals surface area contributed by atoms with Crippen LogP contribution >= 0.6 is 0 Å². The normalized spacial score (nSPS) is 13.2. The van der Waals surface area contributed by atoms with Crippen LogP contribution in [0.25, 0.3) is 0 Å². The van der Waals surface area contributed by atoms with Gasteiger partial charge in [0.05, 0.1) is 12.7 Å². The van der Waals surface area contributed by atoms with Crippen molar-refractivity contribution >= 4 is 0 Å². The monoisotopic (exact) mass is 239 g/mol. The molecule has 0 saturated carbocycles. The third kappa shape index (κ3) is 5.33. The molecule has 17 heavy (non-hydrogen) atoms. The highest BCUT2D eigenvalue weighted by Gasteiger charge is 2.12. The molecule has 0 aliphatic rings. The van der Waals surface area contributed by atoms with E-state index in [1.807, 2.05) is 19.4 Å². The number of nitrogens with one attached hydrogen (secondary N) is 1. The summed E-state index contributed by atoms with van der Waals surface area (Å²) >= 11 is 0. The summed E-state index contributed by atoms with van der Waals surface area (Å²) in [5.74, 6) is 1.10. The minimum absolute atomic E-state index is 0.280. The third-order valence-electron chi connectivity index (χ3n) is 2.66. The SMILES string of the molecule is CCCNC(COC(C)C)Cc1nccn1C. The standard InChI is InChI=1S/C13H25N3O/c1-5-6-14-12(10-17-11(2)3)9-13-15-7-8-16(13)4/h7-8,11-12,14H,5-6,9-10H2,1-4H3. The first-order valence-corrected chi connectivity index (χ1v) is 6.44. The van der Waals surface area contributed by atoms with Gasteiger partial charge in [-0.25, -0.2) is 4.98 Å². The van der Waals surface area contributed by atoms with Crippen molar-refractivity contribution in [3.63, 3.8) is 0 Å². The average molecular weight is 239 g/mol. The molecule has 0 radical (unpaired) electrons. The molecule has 4 heteroatoms. The molecule has 1 rings (SSSR count). The lowest BCUT2D eigenvalue weighted by Gasteiger charge is -2.19. The Morgan fingerprint density at radius 2 is 2.24 bits per heavy atom. The first kappa shape index (κ1) is 14.2. The quantitative estimate of drug-likeness (QED) is 0.751. The second-order valence-electron chi connectivity index (χ2n) is 4.69. The summed E-state index contributed by atoms with van der Waals surface area (Å²) in [6.07, 6.45) is 6.15. The molecule has 0 aromatic carbocycles. The summed E-state index contributed by atoms with van der Waals surface area (Å²) in [6.45, 7) is 8.07. The van der Waals surface area contributed by atoms with E-state index in [1.165, 1.54) is 0 Å². The molecular formula is C13H25N3O. The van der Waals surface area contributed by atoms with Crippen molar-refractivity contribution in [3.8, 4) is 0 Å². The van der Waals surface area contributed by atoms with E-state index < -0.39 is 0 Å². The van der Waals surface area contributed by atoms with Crippen LogP contribution in [0.1, 0.15) is 33.0 Å². The fourth-order valence-corrected chi connectivity index (χ4v) is 1.66. The number of hydrogen-bond acceptors (Lipinski definition) is 3. The molecule has 1 unspecified atom stereocenters. The van der Waals surface area contributed by atoms with Crippen LogP contribution in [0.4, 0.5) is 0 Å². The maximum atomic E-state index is 5.69. The van der Waals surface area contributed by atoms with Crippen molar-refractivity contribution < 1.29 is 4.74 Å². The van der Waals surface area contributed by atoms with Crippen molar-refractivity contribution in [3.05, 3.63) is 18.2 Å². The number of rotatable bonds is 8. The lowest BCUT2D eigenvalue weighted by Crippen LogP contribution is -2.37. The molecule has 4 nitrogen and oxygen atoms in total. The Hall–Kier alpha value is -0.870. The molecule has 0 spiro atoms. The second kappa shape index (κ2) is 7.45. The van der Waals surface area contributed by atoms with Crippen LogP contribution in [0.15, 0.2) is 12.4 Å². The zero-order chi connectivity index (χ0) is 12.7. The number of ether oxygens (including phenoxy) is 1. The van der Waals surface area contributed by atoms with Gasteiger partial charge in [-0.15, -0.1) is 0 Å². The number of imidazole rings is 1. The minimum atomic E-state index is 0.280. The summed E-state index contributed by atoms with van der Waals surface area (Å²) in [5.41, 5.74) is 0. The summed E-state index contributed by atoms with van der Waals surface area (Å²) in [7, 11) is 2.03. The highest BCUT2D eigenvalue weighted by molar-refractivity contribution is 4.94. The van der Waals surface area contributed by atoms with Gasteiger partial charge in [-0.1, -0.05) is 6.92 Å². The number of hydrogen-bond donors (Lipinski definition) is 1. The van der Waals surface area contributed by atoms with Crippen LogP contribution in [0.3, 0.4) is 0 Å². The first-order chi connectivity index (χ1) is 8.13. The molecule has 1 N–H and O–H groups in total. The third-order valence-corrected chi connectivity index (χ3v) is 2.66. The molecule has 1 aromatic rings. The fraction of sp³-hybridized carbons (Fsp3) is 0.769. The molecule has 0 bridgehead atoms. The van der Waals surface area contributed by atoms with Crippen LogP contribution in [0, 0.1) is 0 Å². The highest BCUT2D eigenvalue weighted by Crippen LogP contribution is 2.02. The Bertz CT molecular complexity index is 309. The van der Waals surface area contributed by atoms with E-state index in [2.05, 4.69) is 35.6 Å². The van der Waals surface area contributed by atoms with Gasteiger partial charge in [-0.05, 0) is 26.8 Å². The predicted molar refractivity (Wildman–Crippen MR) is 70.1 cm³/mol. The van der Waals surface area contributed by atoms with Crippen LogP contribution in [0.2, 0.25) is 0 Å². The molecule has 1 aromatic heterocycles. The lowest BCUT2D eigenvalue weighted by molar-refractivity contribution is 0.0608. The predicted octanol–water partition coefficient (Wildman–Crippen LogP) is 1.76. The van der Waals surface area contributed by atoms with Gasteiger partial charge in [0.15, 0.2) is 0 Å². The number of nitrogens with zero attached hydrogens (tertiary/aromatic N) is 2. The molecule has 1 atom stereocenters. The maximum Gasteiger partial charge on any atom is 0.110 e. The van der Waals surface area contributed by atoms with E-state index in [1.54, 1.807) is 0 Å². The maximum absolute atomic E-state index is 5.69. The Labute approximate surface area is 104 Å². The minimum Gasteiger partial charge on any atom is -0.377 e. The molecule has 0 fully saturated rings. The zero-order valence-electron chi connectivity index (χ0n) is 11.4. The van der Waals surface area contributed by atoms with Crippen LogP contribution in [0.5, 0.6) is 0 Å².